The average Bonchev–Trinajstić information content (AvgIpc) is 3.51. The zero-order chi connectivity index (χ0) is 25.7. The zero-order valence-corrected chi connectivity index (χ0v) is 27.3. The fourth-order valence-electron chi connectivity index (χ4n) is 9.09. The Bertz CT molecular complexity index is 514. The summed E-state index contributed by atoms with van der Waals surface area (Å²) in [4.78, 5) is 0.826. The van der Waals surface area contributed by atoms with E-state index in [1.165, 1.54) is 77.0 Å². The fraction of sp³-hybridized carbons (Fsp3) is 1.00. The van der Waals surface area contributed by atoms with Crippen LogP contribution < -0.4 is 0 Å². The number of hydrogen-bond acceptors (Lipinski definition) is 0. The molecule has 36 heavy (non-hydrogen) atoms. The molecular weight excluding hydrogens is 470 g/mol. The zero-order valence-electron chi connectivity index (χ0n) is 25.5. The van der Waals surface area contributed by atoms with Crippen molar-refractivity contribution in [1.82, 2.24) is 0 Å². The highest BCUT2D eigenvalue weighted by molar-refractivity contribution is 7.79. The molecule has 2 saturated heterocycles. The topological polar surface area (TPSA) is 0 Å². The van der Waals surface area contributed by atoms with E-state index in [9.17, 15) is 0 Å². The lowest BCUT2D eigenvalue weighted by Crippen LogP contribution is -2.41. The highest BCUT2D eigenvalue weighted by atomic mass is 31.2. The predicted octanol–water partition coefficient (Wildman–Crippen LogP) is 13.0. The van der Waals surface area contributed by atoms with Crippen LogP contribution in [0.1, 0.15) is 188 Å². The Morgan fingerprint density at radius 2 is 0.778 bits per heavy atom. The number of rotatable bonds is 18. The molecule has 2 heteroatoms. The van der Waals surface area contributed by atoms with Gasteiger partial charge in [-0.3, -0.25) is 0 Å². The van der Waals surface area contributed by atoms with Crippen LogP contribution in [0.2, 0.25) is 0 Å². The Balaban J connectivity index is 1.96. The normalized spacial score (nSPS) is 27.0. The van der Waals surface area contributed by atoms with Crippen molar-refractivity contribution in [3.63, 3.8) is 0 Å². The third-order valence-electron chi connectivity index (χ3n) is 10.8. The molecule has 0 N–H and O–H groups in total. The molecule has 2 aliphatic heterocycles. The van der Waals surface area contributed by atoms with Crippen LogP contribution in [-0.2, 0) is 0 Å². The van der Waals surface area contributed by atoms with Gasteiger partial charge in [0.2, 0.25) is 0 Å². The van der Waals surface area contributed by atoms with Crippen molar-refractivity contribution in [2.75, 3.05) is 12.3 Å². The first-order valence-electron chi connectivity index (χ1n) is 17.2. The van der Waals surface area contributed by atoms with Crippen LogP contribution in [0.25, 0.3) is 0 Å². The maximum absolute atomic E-state index is 2.42. The lowest BCUT2D eigenvalue weighted by atomic mass is 9.90. The highest BCUT2D eigenvalue weighted by Crippen LogP contribution is 2.85. The molecule has 0 aromatic rings. The van der Waals surface area contributed by atoms with Gasteiger partial charge in [-0.1, -0.05) is 140 Å². The minimum absolute atomic E-state index is 0.194. The van der Waals surface area contributed by atoms with Crippen molar-refractivity contribution < 1.29 is 0 Å². The summed E-state index contributed by atoms with van der Waals surface area (Å²) < 4.78 is 0. The van der Waals surface area contributed by atoms with Gasteiger partial charge in [0.05, 0.1) is 0 Å². The lowest BCUT2D eigenvalue weighted by molar-refractivity contribution is 0.406. The van der Waals surface area contributed by atoms with Gasteiger partial charge in [-0.2, -0.15) is 0 Å². The molecule has 0 amide bonds. The monoisotopic (exact) mass is 536 g/mol. The first kappa shape index (κ1) is 31.4. The van der Waals surface area contributed by atoms with Crippen LogP contribution in [0.15, 0.2) is 0 Å². The molecule has 3 rings (SSSR count). The highest BCUT2D eigenvalue weighted by Gasteiger charge is 2.60. The predicted molar refractivity (Wildman–Crippen MR) is 170 cm³/mol. The second-order valence-corrected chi connectivity index (χ2v) is 19.9. The van der Waals surface area contributed by atoms with E-state index in [-0.39, 0.29) is 15.8 Å². The SMILES string of the molecule is CCCCCC1(CCCCC)CCCP1C1(P2CCCC2(CCCCC)CCCCC)CCCCC1. The van der Waals surface area contributed by atoms with E-state index in [0.717, 1.165) is 15.2 Å². The summed E-state index contributed by atoms with van der Waals surface area (Å²) in [5.74, 6) is 0. The molecular formula is C34H66P2. The minimum Gasteiger partial charge on any atom is -0.0895 e. The third-order valence-corrected chi connectivity index (χ3v) is 20.3. The van der Waals surface area contributed by atoms with Crippen LogP contribution in [0.3, 0.4) is 0 Å². The largest absolute Gasteiger partial charge is 0.0895 e. The van der Waals surface area contributed by atoms with Gasteiger partial charge in [-0.25, -0.2) is 0 Å². The molecule has 0 radical (unpaired) electrons. The summed E-state index contributed by atoms with van der Waals surface area (Å²) in [6.45, 7) is 9.69. The van der Waals surface area contributed by atoms with Gasteiger partial charge in [0.25, 0.3) is 0 Å². The van der Waals surface area contributed by atoms with E-state index in [1.807, 2.05) is 0 Å². The number of unbranched alkanes of at least 4 members (excludes halogenated alkanes) is 8. The number of hydrogen-bond donors (Lipinski definition) is 0. The van der Waals surface area contributed by atoms with Crippen LogP contribution in [-0.4, -0.2) is 27.5 Å². The lowest BCUT2D eigenvalue weighted by Gasteiger charge is -2.58. The van der Waals surface area contributed by atoms with E-state index >= 15 is 0 Å². The molecule has 3 fully saturated rings. The molecule has 0 aromatic heterocycles. The van der Waals surface area contributed by atoms with Crippen molar-refractivity contribution in [2.45, 2.75) is 203 Å². The smallest absolute Gasteiger partial charge is 0.0116 e. The molecule has 3 aliphatic rings. The quantitative estimate of drug-likeness (QED) is 0.121. The first-order valence-corrected chi connectivity index (χ1v) is 20.2. The molecule has 2 heterocycles. The summed E-state index contributed by atoms with van der Waals surface area (Å²) in [7, 11) is 0.387. The van der Waals surface area contributed by atoms with E-state index < -0.39 is 0 Å². The second-order valence-electron chi connectivity index (χ2n) is 13.3. The second kappa shape index (κ2) is 16.2. The van der Waals surface area contributed by atoms with Crippen molar-refractivity contribution in [2.24, 2.45) is 0 Å². The van der Waals surface area contributed by atoms with Gasteiger partial charge in [0.1, 0.15) is 0 Å². The molecule has 2 atom stereocenters. The Morgan fingerprint density at radius 1 is 0.417 bits per heavy atom. The summed E-state index contributed by atoms with van der Waals surface area (Å²) >= 11 is 0. The fourth-order valence-corrected chi connectivity index (χ4v) is 20.9. The Labute approximate surface area is 231 Å². The summed E-state index contributed by atoms with van der Waals surface area (Å²) in [5.41, 5.74) is 0. The van der Waals surface area contributed by atoms with E-state index in [0.29, 0.717) is 0 Å². The van der Waals surface area contributed by atoms with E-state index in [4.69, 9.17) is 0 Å². The van der Waals surface area contributed by atoms with Crippen LogP contribution in [0.5, 0.6) is 0 Å². The Hall–Kier alpha value is 0.860. The molecule has 0 aromatic carbocycles. The van der Waals surface area contributed by atoms with Gasteiger partial charge in [-0.15, -0.1) is 0 Å². The van der Waals surface area contributed by atoms with Crippen LogP contribution in [0, 0.1) is 0 Å². The molecule has 212 valence electrons. The van der Waals surface area contributed by atoms with Gasteiger partial charge in [-0.05, 0) is 86.8 Å². The minimum atomic E-state index is 0.194. The molecule has 1 saturated carbocycles. The maximum atomic E-state index is 2.42. The van der Waals surface area contributed by atoms with Gasteiger partial charge in [0.15, 0.2) is 0 Å². The van der Waals surface area contributed by atoms with Gasteiger partial charge in [0, 0.05) is 4.90 Å². The molecule has 1 aliphatic carbocycles. The van der Waals surface area contributed by atoms with Crippen molar-refractivity contribution >= 4 is 15.8 Å². The average molecular weight is 537 g/mol. The van der Waals surface area contributed by atoms with E-state index in [2.05, 4.69) is 27.7 Å². The molecule has 0 spiro atoms. The Kier molecular flexibility index (Phi) is 14.1. The standard InChI is InChI=1S/C34H66P2/c1-5-9-14-22-32(23-15-10-6-2)26-20-30-35(32)34(28-18-13-19-29-34)36-31-21-27-33(36,24-16-11-7-3)25-17-12-8-4/h5-31H2,1-4H3. The van der Waals surface area contributed by atoms with Gasteiger partial charge < -0.3 is 0 Å². The Morgan fingerprint density at radius 3 is 1.11 bits per heavy atom. The summed E-state index contributed by atoms with van der Waals surface area (Å²) in [6.07, 6.45) is 41.9. The van der Waals surface area contributed by atoms with E-state index in [1.54, 1.807) is 95.8 Å². The van der Waals surface area contributed by atoms with Gasteiger partial charge >= 0.3 is 0 Å². The molecule has 0 nitrogen and oxygen atoms in total. The molecule has 0 bridgehead atoms. The van der Waals surface area contributed by atoms with Crippen molar-refractivity contribution in [1.29, 1.82) is 0 Å². The summed E-state index contributed by atoms with van der Waals surface area (Å²) in [6, 6.07) is 0. The van der Waals surface area contributed by atoms with Crippen molar-refractivity contribution in [3.8, 4) is 0 Å². The molecule has 2 unspecified atom stereocenters. The first-order chi connectivity index (χ1) is 17.6. The summed E-state index contributed by atoms with van der Waals surface area (Å²) in [5, 5.41) is 1.56. The van der Waals surface area contributed by atoms with Crippen molar-refractivity contribution in [3.05, 3.63) is 0 Å². The van der Waals surface area contributed by atoms with Crippen LogP contribution in [0.4, 0.5) is 0 Å². The van der Waals surface area contributed by atoms with Crippen LogP contribution >= 0.6 is 15.8 Å². The third kappa shape index (κ3) is 7.53. The maximum Gasteiger partial charge on any atom is 0.0116 e.